The van der Waals surface area contributed by atoms with Crippen LogP contribution in [0.3, 0.4) is 0 Å². The van der Waals surface area contributed by atoms with Crippen LogP contribution in [-0.2, 0) is 0 Å². The lowest BCUT2D eigenvalue weighted by molar-refractivity contribution is 0.0978. The van der Waals surface area contributed by atoms with Gasteiger partial charge in [0, 0.05) is 22.3 Å². The van der Waals surface area contributed by atoms with Gasteiger partial charge >= 0.3 is 0 Å². The van der Waals surface area contributed by atoms with Gasteiger partial charge in [0.15, 0.2) is 11.6 Å². The Kier molecular flexibility index (Phi) is 9.11. The normalized spacial score (nSPS) is 14.4. The Bertz CT molecular complexity index is 962. The first-order valence-corrected chi connectivity index (χ1v) is 12.6. The quantitative estimate of drug-likeness (QED) is 0.275. The zero-order valence-electron chi connectivity index (χ0n) is 20.6. The molecular formula is C29H38O4. The maximum atomic E-state index is 13.2. The van der Waals surface area contributed by atoms with Crippen LogP contribution in [0.25, 0.3) is 0 Å². The summed E-state index contributed by atoms with van der Waals surface area (Å²) >= 11 is 0. The minimum absolute atomic E-state index is 0.132. The van der Waals surface area contributed by atoms with Crippen LogP contribution < -0.4 is 9.47 Å². The number of unbranched alkanes of at least 4 members (excludes halogenated alkanes) is 1. The van der Waals surface area contributed by atoms with Crippen molar-refractivity contribution in [2.24, 2.45) is 11.8 Å². The van der Waals surface area contributed by atoms with Gasteiger partial charge in [-0.2, -0.15) is 0 Å². The summed E-state index contributed by atoms with van der Waals surface area (Å²) in [5.74, 6) is 2.03. The van der Waals surface area contributed by atoms with E-state index in [1.54, 1.807) is 36.4 Å². The molecule has 0 radical (unpaired) electrons. The van der Waals surface area contributed by atoms with Gasteiger partial charge in [0.05, 0.1) is 13.2 Å². The van der Waals surface area contributed by atoms with Crippen LogP contribution in [0.15, 0.2) is 36.4 Å². The van der Waals surface area contributed by atoms with Crippen molar-refractivity contribution < 1.29 is 19.1 Å². The molecule has 0 fully saturated rings. The third-order valence-electron chi connectivity index (χ3n) is 6.75. The molecule has 0 aliphatic heterocycles. The molecular weight excluding hydrogens is 412 g/mol. The molecule has 0 saturated carbocycles. The topological polar surface area (TPSA) is 52.6 Å². The van der Waals surface area contributed by atoms with E-state index in [1.165, 1.54) is 12.8 Å². The highest BCUT2D eigenvalue weighted by Gasteiger charge is 2.30. The first-order valence-electron chi connectivity index (χ1n) is 12.6. The third kappa shape index (κ3) is 6.04. The second-order valence-corrected chi connectivity index (χ2v) is 9.17. The lowest BCUT2D eigenvalue weighted by Crippen LogP contribution is -2.21. The first-order chi connectivity index (χ1) is 16.0. The molecule has 2 atom stereocenters. The SMILES string of the molecule is CCCCC(CC)COc1ccc2c(c1)C(=O)c1ccc(OCC(CC)CCC)cc1C2=O. The number of ketones is 2. The van der Waals surface area contributed by atoms with E-state index < -0.39 is 0 Å². The predicted molar refractivity (Wildman–Crippen MR) is 133 cm³/mol. The lowest BCUT2D eigenvalue weighted by atomic mass is 9.84. The number of fused-ring (bicyclic) bond motifs is 2. The molecule has 0 bridgehead atoms. The van der Waals surface area contributed by atoms with Gasteiger partial charge in [0.25, 0.3) is 0 Å². The first kappa shape index (κ1) is 25.0. The van der Waals surface area contributed by atoms with Crippen molar-refractivity contribution in [1.82, 2.24) is 0 Å². The van der Waals surface area contributed by atoms with Crippen molar-refractivity contribution >= 4 is 11.6 Å². The van der Waals surface area contributed by atoms with Gasteiger partial charge in [0.1, 0.15) is 11.5 Å². The summed E-state index contributed by atoms with van der Waals surface area (Å²) in [7, 11) is 0. The number of benzene rings is 2. The Balaban J connectivity index is 1.75. The summed E-state index contributed by atoms with van der Waals surface area (Å²) in [6, 6.07) is 10.5. The summed E-state index contributed by atoms with van der Waals surface area (Å²) in [6.07, 6.45) is 7.89. The molecule has 2 aromatic rings. The van der Waals surface area contributed by atoms with Crippen LogP contribution in [0, 0.1) is 11.8 Å². The molecule has 0 N–H and O–H groups in total. The van der Waals surface area contributed by atoms with Gasteiger partial charge in [0.2, 0.25) is 0 Å². The maximum absolute atomic E-state index is 13.2. The minimum Gasteiger partial charge on any atom is -0.493 e. The predicted octanol–water partition coefficient (Wildman–Crippen LogP) is 7.26. The van der Waals surface area contributed by atoms with E-state index in [-0.39, 0.29) is 11.6 Å². The highest BCUT2D eigenvalue weighted by molar-refractivity contribution is 6.28. The summed E-state index contributed by atoms with van der Waals surface area (Å²) < 4.78 is 12.0. The van der Waals surface area contributed by atoms with E-state index in [2.05, 4.69) is 27.7 Å². The fourth-order valence-electron chi connectivity index (χ4n) is 4.43. The molecule has 2 unspecified atom stereocenters. The van der Waals surface area contributed by atoms with Crippen LogP contribution >= 0.6 is 0 Å². The molecule has 0 spiro atoms. The Morgan fingerprint density at radius 3 is 1.55 bits per heavy atom. The van der Waals surface area contributed by atoms with Crippen molar-refractivity contribution in [2.45, 2.75) is 72.6 Å². The summed E-state index contributed by atoms with van der Waals surface area (Å²) in [5.41, 5.74) is 1.72. The molecule has 33 heavy (non-hydrogen) atoms. The molecule has 0 amide bonds. The van der Waals surface area contributed by atoms with Crippen LogP contribution in [0.5, 0.6) is 11.5 Å². The van der Waals surface area contributed by atoms with E-state index in [9.17, 15) is 9.59 Å². The minimum atomic E-state index is -0.133. The molecule has 1 aliphatic rings. The lowest BCUT2D eigenvalue weighted by Gasteiger charge is -2.21. The Hall–Kier alpha value is -2.62. The average Bonchev–Trinajstić information content (AvgIpc) is 2.85. The molecule has 3 rings (SSSR count). The van der Waals surface area contributed by atoms with Crippen LogP contribution in [0.4, 0.5) is 0 Å². The molecule has 4 nitrogen and oxygen atoms in total. The molecule has 2 aromatic carbocycles. The molecule has 178 valence electrons. The number of carbonyl (C=O) groups is 2. The van der Waals surface area contributed by atoms with Crippen LogP contribution in [-0.4, -0.2) is 24.8 Å². The van der Waals surface area contributed by atoms with E-state index in [4.69, 9.17) is 9.47 Å². The molecule has 1 aliphatic carbocycles. The van der Waals surface area contributed by atoms with Crippen molar-refractivity contribution in [3.05, 3.63) is 58.7 Å². The van der Waals surface area contributed by atoms with E-state index in [1.807, 2.05) is 0 Å². The molecule has 0 aromatic heterocycles. The van der Waals surface area contributed by atoms with Crippen LogP contribution in [0.2, 0.25) is 0 Å². The van der Waals surface area contributed by atoms with Gasteiger partial charge in [-0.05, 0) is 61.1 Å². The summed E-state index contributed by atoms with van der Waals surface area (Å²) in [5, 5.41) is 0. The van der Waals surface area contributed by atoms with Gasteiger partial charge in [-0.3, -0.25) is 9.59 Å². The number of rotatable bonds is 13. The fraction of sp³-hybridized carbons (Fsp3) is 0.517. The fourth-order valence-corrected chi connectivity index (χ4v) is 4.43. The molecule has 0 heterocycles. The van der Waals surface area contributed by atoms with Crippen molar-refractivity contribution in [2.75, 3.05) is 13.2 Å². The second-order valence-electron chi connectivity index (χ2n) is 9.17. The molecule has 0 saturated heterocycles. The van der Waals surface area contributed by atoms with E-state index in [0.29, 0.717) is 58.8 Å². The monoisotopic (exact) mass is 450 g/mol. The third-order valence-corrected chi connectivity index (χ3v) is 6.75. The largest absolute Gasteiger partial charge is 0.493 e. The number of ether oxygens (including phenoxy) is 2. The number of hydrogen-bond acceptors (Lipinski definition) is 4. The zero-order chi connectivity index (χ0) is 23.8. The standard InChI is InChI=1S/C29H38O4/c1-5-9-11-21(8-4)19-33-23-13-15-25-27(17-23)29(31)24-14-12-22(16-26(24)28(25)30)32-18-20(7-3)10-6-2/h12-17,20-21H,5-11,18-19H2,1-4H3. The van der Waals surface area contributed by atoms with E-state index >= 15 is 0 Å². The zero-order valence-corrected chi connectivity index (χ0v) is 20.6. The molecule has 4 heteroatoms. The number of hydrogen-bond donors (Lipinski definition) is 0. The summed E-state index contributed by atoms with van der Waals surface area (Å²) in [6.45, 7) is 9.97. The maximum Gasteiger partial charge on any atom is 0.194 e. The highest BCUT2D eigenvalue weighted by Crippen LogP contribution is 2.32. The average molecular weight is 451 g/mol. The van der Waals surface area contributed by atoms with Crippen molar-refractivity contribution in [3.63, 3.8) is 0 Å². The van der Waals surface area contributed by atoms with Crippen molar-refractivity contribution in [3.8, 4) is 11.5 Å². The van der Waals surface area contributed by atoms with Crippen molar-refractivity contribution in [1.29, 1.82) is 0 Å². The van der Waals surface area contributed by atoms with Gasteiger partial charge in [-0.1, -0.05) is 59.8 Å². The van der Waals surface area contributed by atoms with Crippen LogP contribution in [0.1, 0.15) is 104 Å². The Labute approximate surface area is 198 Å². The Morgan fingerprint density at radius 1 is 0.636 bits per heavy atom. The smallest absolute Gasteiger partial charge is 0.194 e. The van der Waals surface area contributed by atoms with Gasteiger partial charge in [-0.25, -0.2) is 0 Å². The highest BCUT2D eigenvalue weighted by atomic mass is 16.5. The van der Waals surface area contributed by atoms with Gasteiger partial charge < -0.3 is 9.47 Å². The second kappa shape index (κ2) is 12.0. The van der Waals surface area contributed by atoms with E-state index in [0.717, 1.165) is 32.1 Å². The van der Waals surface area contributed by atoms with Gasteiger partial charge in [-0.15, -0.1) is 0 Å². The summed E-state index contributed by atoms with van der Waals surface area (Å²) in [4.78, 5) is 26.4. The Morgan fingerprint density at radius 2 is 1.12 bits per heavy atom. The number of carbonyl (C=O) groups excluding carboxylic acids is 2.